The van der Waals surface area contributed by atoms with Crippen molar-refractivity contribution in [3.8, 4) is 0 Å². The number of nitrogens with zero attached hydrogens (tertiary/aromatic N) is 1. The maximum absolute atomic E-state index is 11.3. The third kappa shape index (κ3) is 2.28. The lowest BCUT2D eigenvalue weighted by molar-refractivity contribution is 0.0698. The Morgan fingerprint density at radius 2 is 2.38 bits per heavy atom. The molecule has 1 heterocycles. The summed E-state index contributed by atoms with van der Waals surface area (Å²) in [4.78, 5) is 25.6. The molecule has 0 saturated heterocycles. The Morgan fingerprint density at radius 3 is 2.92 bits per heavy atom. The number of hydrogen-bond acceptors (Lipinski definition) is 5. The van der Waals surface area contributed by atoms with Gasteiger partial charge in [-0.3, -0.25) is 4.79 Å². The van der Waals surface area contributed by atoms with Crippen LogP contribution in [-0.4, -0.2) is 26.9 Å². The van der Waals surface area contributed by atoms with Crippen molar-refractivity contribution in [1.82, 2.24) is 4.98 Å². The van der Waals surface area contributed by atoms with Crippen molar-refractivity contribution >= 4 is 34.2 Å². The topological polar surface area (TPSA) is 67.3 Å². The Labute approximate surface area is 83.0 Å². The Hall–Kier alpha value is -0.880. The van der Waals surface area contributed by atoms with Gasteiger partial charge in [0, 0.05) is 0 Å². The summed E-state index contributed by atoms with van der Waals surface area (Å²) in [6, 6.07) is 0. The molecule has 0 unspecified atom stereocenters. The average molecular weight is 217 g/mol. The highest BCUT2D eigenvalue weighted by molar-refractivity contribution is 8.14. The number of carbonyl (C=O) groups excluding carboxylic acids is 1. The van der Waals surface area contributed by atoms with E-state index in [4.69, 9.17) is 5.11 Å². The number of aromatic carboxylic acids is 1. The van der Waals surface area contributed by atoms with E-state index in [2.05, 4.69) is 4.98 Å². The van der Waals surface area contributed by atoms with E-state index in [9.17, 15) is 9.59 Å². The maximum atomic E-state index is 11.3. The van der Waals surface area contributed by atoms with Crippen LogP contribution in [0.15, 0.2) is 5.51 Å². The molecular formula is C7H7NO3S2. The Balaban J connectivity index is 2.93. The van der Waals surface area contributed by atoms with Crippen LogP contribution in [0.4, 0.5) is 0 Å². The van der Waals surface area contributed by atoms with Crippen LogP contribution in [0.2, 0.25) is 0 Å². The van der Waals surface area contributed by atoms with Crippen LogP contribution in [0.25, 0.3) is 0 Å². The SMILES string of the molecule is CCSC(=O)c1ncsc1C(=O)O. The second-order valence-electron chi connectivity index (χ2n) is 2.06. The van der Waals surface area contributed by atoms with Crippen LogP contribution < -0.4 is 0 Å². The molecule has 1 aromatic rings. The number of hydrogen-bond donors (Lipinski definition) is 1. The van der Waals surface area contributed by atoms with Gasteiger partial charge in [0.25, 0.3) is 0 Å². The molecule has 0 saturated carbocycles. The molecule has 0 aliphatic heterocycles. The third-order valence-electron chi connectivity index (χ3n) is 1.23. The largest absolute Gasteiger partial charge is 0.477 e. The molecule has 1 aromatic heterocycles. The highest BCUT2D eigenvalue weighted by atomic mass is 32.2. The van der Waals surface area contributed by atoms with E-state index >= 15 is 0 Å². The van der Waals surface area contributed by atoms with Crippen molar-refractivity contribution < 1.29 is 14.7 Å². The summed E-state index contributed by atoms with van der Waals surface area (Å²) in [6.07, 6.45) is 0. The van der Waals surface area contributed by atoms with Gasteiger partial charge in [-0.1, -0.05) is 18.7 Å². The minimum Gasteiger partial charge on any atom is -0.477 e. The first-order valence-electron chi connectivity index (χ1n) is 3.50. The van der Waals surface area contributed by atoms with Crippen LogP contribution >= 0.6 is 23.1 Å². The molecule has 0 aromatic carbocycles. The first-order valence-corrected chi connectivity index (χ1v) is 5.37. The highest BCUT2D eigenvalue weighted by Crippen LogP contribution is 2.18. The molecule has 1 N–H and O–H groups in total. The van der Waals surface area contributed by atoms with Gasteiger partial charge < -0.3 is 5.11 Å². The fourth-order valence-corrected chi connectivity index (χ4v) is 1.98. The average Bonchev–Trinajstić information content (AvgIpc) is 2.52. The van der Waals surface area contributed by atoms with E-state index in [0.717, 1.165) is 23.1 Å². The Bertz CT molecular complexity index is 334. The smallest absolute Gasteiger partial charge is 0.348 e. The van der Waals surface area contributed by atoms with Gasteiger partial charge in [-0.05, 0) is 5.75 Å². The minimum absolute atomic E-state index is 0.0194. The summed E-state index contributed by atoms with van der Waals surface area (Å²) in [7, 11) is 0. The van der Waals surface area contributed by atoms with E-state index in [1.807, 2.05) is 6.92 Å². The van der Waals surface area contributed by atoms with Crippen LogP contribution in [-0.2, 0) is 0 Å². The molecule has 4 nitrogen and oxygen atoms in total. The van der Waals surface area contributed by atoms with Crippen LogP contribution in [0.3, 0.4) is 0 Å². The molecule has 0 bridgehead atoms. The quantitative estimate of drug-likeness (QED) is 0.835. The Morgan fingerprint density at radius 1 is 1.69 bits per heavy atom. The van der Waals surface area contributed by atoms with Gasteiger partial charge >= 0.3 is 5.97 Å². The molecule has 70 valence electrons. The summed E-state index contributed by atoms with van der Waals surface area (Å²) in [6.45, 7) is 1.83. The standard InChI is InChI=1S/C7H7NO3S2/c1-2-12-7(11)4-5(6(9)10)13-3-8-4/h3H,2H2,1H3,(H,9,10). The molecule has 1 rings (SSSR count). The molecule has 0 radical (unpaired) electrons. The van der Waals surface area contributed by atoms with E-state index in [-0.39, 0.29) is 15.7 Å². The van der Waals surface area contributed by atoms with E-state index in [0.29, 0.717) is 5.75 Å². The lowest BCUT2D eigenvalue weighted by Crippen LogP contribution is -2.03. The van der Waals surface area contributed by atoms with Gasteiger partial charge in [-0.15, -0.1) is 11.3 Å². The number of thioether (sulfide) groups is 1. The number of carbonyl (C=O) groups is 2. The second kappa shape index (κ2) is 4.38. The minimum atomic E-state index is -1.09. The van der Waals surface area contributed by atoms with Crippen molar-refractivity contribution in [3.05, 3.63) is 16.1 Å². The van der Waals surface area contributed by atoms with Gasteiger partial charge in [-0.25, -0.2) is 9.78 Å². The van der Waals surface area contributed by atoms with Gasteiger partial charge in [0.05, 0.1) is 5.51 Å². The molecule has 0 fully saturated rings. The zero-order valence-electron chi connectivity index (χ0n) is 6.81. The van der Waals surface area contributed by atoms with Crippen molar-refractivity contribution in [2.45, 2.75) is 6.92 Å². The fourth-order valence-electron chi connectivity index (χ4n) is 0.743. The fraction of sp³-hybridized carbons (Fsp3) is 0.286. The summed E-state index contributed by atoms with van der Waals surface area (Å²) >= 11 is 2.03. The molecule has 0 atom stereocenters. The van der Waals surface area contributed by atoms with E-state index < -0.39 is 5.97 Å². The number of thiazole rings is 1. The van der Waals surface area contributed by atoms with Crippen molar-refractivity contribution in [2.75, 3.05) is 5.75 Å². The van der Waals surface area contributed by atoms with Crippen molar-refractivity contribution in [1.29, 1.82) is 0 Å². The number of carboxylic acids is 1. The van der Waals surface area contributed by atoms with Gasteiger partial charge in [0.15, 0.2) is 0 Å². The summed E-state index contributed by atoms with van der Waals surface area (Å²) in [5, 5.41) is 8.40. The van der Waals surface area contributed by atoms with Crippen LogP contribution in [0, 0.1) is 0 Å². The molecular weight excluding hydrogens is 210 g/mol. The molecule has 13 heavy (non-hydrogen) atoms. The van der Waals surface area contributed by atoms with Gasteiger partial charge in [0.2, 0.25) is 5.12 Å². The predicted molar refractivity (Wildman–Crippen MR) is 51.5 cm³/mol. The predicted octanol–water partition coefficient (Wildman–Crippen LogP) is 1.73. The highest BCUT2D eigenvalue weighted by Gasteiger charge is 2.19. The number of aromatic nitrogens is 1. The first-order chi connectivity index (χ1) is 6.16. The summed E-state index contributed by atoms with van der Waals surface area (Å²) in [5.74, 6) is -0.474. The zero-order chi connectivity index (χ0) is 9.84. The first kappa shape index (κ1) is 10.2. The van der Waals surface area contributed by atoms with Gasteiger partial charge in [-0.2, -0.15) is 0 Å². The number of carboxylic acid groups (broad SMARTS) is 1. The van der Waals surface area contributed by atoms with Crippen LogP contribution in [0.5, 0.6) is 0 Å². The summed E-state index contributed by atoms with van der Waals surface area (Å²) in [5.41, 5.74) is 1.43. The molecule has 0 aliphatic rings. The normalized spacial score (nSPS) is 9.92. The monoisotopic (exact) mass is 217 g/mol. The maximum Gasteiger partial charge on any atom is 0.348 e. The second-order valence-corrected chi connectivity index (χ2v) is 4.15. The number of rotatable bonds is 3. The van der Waals surface area contributed by atoms with Crippen molar-refractivity contribution in [3.63, 3.8) is 0 Å². The molecule has 6 heteroatoms. The van der Waals surface area contributed by atoms with E-state index in [1.54, 1.807) is 0 Å². The lowest BCUT2D eigenvalue weighted by Gasteiger charge is -1.94. The Kier molecular flexibility index (Phi) is 3.44. The van der Waals surface area contributed by atoms with Gasteiger partial charge in [0.1, 0.15) is 10.6 Å². The molecule has 0 aliphatic carbocycles. The van der Waals surface area contributed by atoms with Crippen molar-refractivity contribution in [2.24, 2.45) is 0 Å². The zero-order valence-corrected chi connectivity index (χ0v) is 8.44. The molecule has 0 spiro atoms. The lowest BCUT2D eigenvalue weighted by atomic mass is 10.4. The third-order valence-corrected chi connectivity index (χ3v) is 2.79. The van der Waals surface area contributed by atoms with Crippen LogP contribution in [0.1, 0.15) is 27.1 Å². The molecule has 0 amide bonds. The summed E-state index contributed by atoms with van der Waals surface area (Å²) < 4.78 is 0. The van der Waals surface area contributed by atoms with E-state index in [1.165, 1.54) is 5.51 Å².